The second kappa shape index (κ2) is 4.25. The minimum absolute atomic E-state index is 0.124. The lowest BCUT2D eigenvalue weighted by Gasteiger charge is -1.95. The molecule has 17 heavy (non-hydrogen) atoms. The van der Waals surface area contributed by atoms with Gasteiger partial charge >= 0.3 is 11.9 Å². The molecule has 0 radical (unpaired) electrons. The van der Waals surface area contributed by atoms with Gasteiger partial charge in [-0.1, -0.05) is 0 Å². The zero-order valence-corrected chi connectivity index (χ0v) is 9.08. The van der Waals surface area contributed by atoms with Crippen LogP contribution in [0.1, 0.15) is 27.8 Å². The van der Waals surface area contributed by atoms with E-state index in [2.05, 4.69) is 4.98 Å². The highest BCUT2D eigenvalue weighted by molar-refractivity contribution is 5.90. The number of rotatable bonds is 3. The third-order valence-electron chi connectivity index (χ3n) is 2.19. The number of esters is 1. The van der Waals surface area contributed by atoms with Crippen LogP contribution in [0.4, 0.5) is 0 Å². The fourth-order valence-electron chi connectivity index (χ4n) is 1.42. The van der Waals surface area contributed by atoms with Crippen molar-refractivity contribution in [1.82, 2.24) is 9.38 Å². The van der Waals surface area contributed by atoms with E-state index >= 15 is 0 Å². The molecular formula is C11H10N2O4. The lowest BCUT2D eigenvalue weighted by molar-refractivity contribution is 0.0520. The summed E-state index contributed by atoms with van der Waals surface area (Å²) in [5.74, 6) is -1.55. The number of carboxylic acids is 1. The Morgan fingerprint density at radius 2 is 2.29 bits per heavy atom. The Hall–Kier alpha value is -2.37. The molecule has 0 aliphatic rings. The lowest BCUT2D eigenvalue weighted by Crippen LogP contribution is -2.04. The van der Waals surface area contributed by atoms with E-state index in [4.69, 9.17) is 9.84 Å². The van der Waals surface area contributed by atoms with Gasteiger partial charge in [-0.3, -0.25) is 0 Å². The first-order valence-corrected chi connectivity index (χ1v) is 5.01. The number of carboxylic acid groups (broad SMARTS) is 1. The molecule has 0 aliphatic heterocycles. The Morgan fingerprint density at radius 1 is 1.53 bits per heavy atom. The molecule has 0 saturated heterocycles. The fourth-order valence-corrected chi connectivity index (χ4v) is 1.42. The van der Waals surface area contributed by atoms with Gasteiger partial charge in [0.05, 0.1) is 12.2 Å². The summed E-state index contributed by atoms with van der Waals surface area (Å²) < 4.78 is 6.37. The quantitative estimate of drug-likeness (QED) is 0.807. The first-order valence-electron chi connectivity index (χ1n) is 5.01. The number of fused-ring (bicyclic) bond motifs is 1. The van der Waals surface area contributed by atoms with E-state index in [1.165, 1.54) is 24.5 Å². The first-order chi connectivity index (χ1) is 8.11. The lowest BCUT2D eigenvalue weighted by atomic mass is 10.3. The predicted molar refractivity (Wildman–Crippen MR) is 58.1 cm³/mol. The van der Waals surface area contributed by atoms with Gasteiger partial charge in [-0.05, 0) is 19.1 Å². The number of hydrogen-bond donors (Lipinski definition) is 1. The van der Waals surface area contributed by atoms with Gasteiger partial charge in [-0.15, -0.1) is 0 Å². The number of ether oxygens (including phenoxy) is 1. The molecule has 0 bridgehead atoms. The number of nitrogens with zero attached hydrogens (tertiary/aromatic N) is 2. The van der Waals surface area contributed by atoms with Crippen molar-refractivity contribution in [3.05, 3.63) is 35.8 Å². The molecule has 6 nitrogen and oxygen atoms in total. The predicted octanol–water partition coefficient (Wildman–Crippen LogP) is 1.21. The number of aromatic nitrogens is 2. The highest BCUT2D eigenvalue weighted by Gasteiger charge is 2.12. The van der Waals surface area contributed by atoms with Crippen molar-refractivity contribution in [2.75, 3.05) is 6.61 Å². The van der Waals surface area contributed by atoms with Crippen molar-refractivity contribution in [1.29, 1.82) is 0 Å². The van der Waals surface area contributed by atoms with E-state index < -0.39 is 11.9 Å². The van der Waals surface area contributed by atoms with Crippen LogP contribution in [0.25, 0.3) is 5.65 Å². The molecule has 0 spiro atoms. The molecule has 0 saturated carbocycles. The van der Waals surface area contributed by atoms with Crippen molar-refractivity contribution in [3.63, 3.8) is 0 Å². The van der Waals surface area contributed by atoms with Crippen LogP contribution in [0.5, 0.6) is 0 Å². The van der Waals surface area contributed by atoms with Gasteiger partial charge in [-0.2, -0.15) is 0 Å². The monoisotopic (exact) mass is 234 g/mol. The van der Waals surface area contributed by atoms with E-state index in [9.17, 15) is 9.59 Å². The third-order valence-corrected chi connectivity index (χ3v) is 2.19. The van der Waals surface area contributed by atoms with Crippen molar-refractivity contribution in [3.8, 4) is 0 Å². The maximum Gasteiger partial charge on any atom is 0.358 e. The molecule has 2 aromatic heterocycles. The summed E-state index contributed by atoms with van der Waals surface area (Å²) >= 11 is 0. The number of carbonyl (C=O) groups excluding carboxylic acids is 1. The van der Waals surface area contributed by atoms with Gasteiger partial charge in [0.25, 0.3) is 0 Å². The normalized spacial score (nSPS) is 10.4. The summed E-state index contributed by atoms with van der Waals surface area (Å²) in [6.07, 6.45) is 3.04. The number of hydrogen-bond acceptors (Lipinski definition) is 4. The first kappa shape index (κ1) is 11.1. The summed E-state index contributed by atoms with van der Waals surface area (Å²) in [6.45, 7) is 1.98. The van der Waals surface area contributed by atoms with E-state index in [-0.39, 0.29) is 17.9 Å². The van der Waals surface area contributed by atoms with E-state index in [1.54, 1.807) is 11.3 Å². The van der Waals surface area contributed by atoms with Crippen molar-refractivity contribution in [2.24, 2.45) is 0 Å². The molecule has 88 valence electrons. The van der Waals surface area contributed by atoms with Gasteiger partial charge in [0, 0.05) is 12.4 Å². The average Bonchev–Trinajstić information content (AvgIpc) is 2.71. The summed E-state index contributed by atoms with van der Waals surface area (Å²) in [6, 6.07) is 2.83. The minimum Gasteiger partial charge on any atom is -0.478 e. The molecule has 2 aromatic rings. The second-order valence-electron chi connectivity index (χ2n) is 3.33. The summed E-state index contributed by atoms with van der Waals surface area (Å²) in [5.41, 5.74) is 0.681. The molecule has 0 aliphatic carbocycles. The molecule has 0 atom stereocenters. The molecule has 2 heterocycles. The highest BCUT2D eigenvalue weighted by atomic mass is 16.5. The van der Waals surface area contributed by atoms with Gasteiger partial charge in [-0.25, -0.2) is 14.6 Å². The molecule has 6 heteroatoms. The van der Waals surface area contributed by atoms with Crippen LogP contribution in [0, 0.1) is 0 Å². The zero-order chi connectivity index (χ0) is 12.4. The maximum atomic E-state index is 11.4. The van der Waals surface area contributed by atoms with Crippen molar-refractivity contribution in [2.45, 2.75) is 6.92 Å². The van der Waals surface area contributed by atoms with Crippen LogP contribution in [-0.4, -0.2) is 33.0 Å². The maximum absolute atomic E-state index is 11.4. The Kier molecular flexibility index (Phi) is 2.78. The van der Waals surface area contributed by atoms with Gasteiger partial charge < -0.3 is 14.2 Å². The second-order valence-corrected chi connectivity index (χ2v) is 3.33. The SMILES string of the molecule is CCOC(=O)c1cn2ccc(C(=O)O)cc2n1. The summed E-state index contributed by atoms with van der Waals surface area (Å²) in [5, 5.41) is 8.82. The zero-order valence-electron chi connectivity index (χ0n) is 9.08. The van der Waals surface area contributed by atoms with E-state index in [1.807, 2.05) is 0 Å². The molecule has 1 N–H and O–H groups in total. The molecule has 0 amide bonds. The largest absolute Gasteiger partial charge is 0.478 e. The van der Waals surface area contributed by atoms with Crippen LogP contribution < -0.4 is 0 Å². The van der Waals surface area contributed by atoms with Crippen molar-refractivity contribution < 1.29 is 19.4 Å². The smallest absolute Gasteiger partial charge is 0.358 e. The molecule has 0 unspecified atom stereocenters. The van der Waals surface area contributed by atoms with Crippen LogP contribution in [0.3, 0.4) is 0 Å². The van der Waals surface area contributed by atoms with Crippen LogP contribution in [0.2, 0.25) is 0 Å². The van der Waals surface area contributed by atoms with Crippen molar-refractivity contribution >= 4 is 17.6 Å². The number of aromatic carboxylic acids is 1. The molecule has 0 fully saturated rings. The van der Waals surface area contributed by atoms with Crippen LogP contribution in [0.15, 0.2) is 24.5 Å². The molecular weight excluding hydrogens is 224 g/mol. The number of pyridine rings is 1. The number of imidazole rings is 1. The van der Waals surface area contributed by atoms with Crippen LogP contribution in [-0.2, 0) is 4.74 Å². The standard InChI is InChI=1S/C11H10N2O4/c1-2-17-11(16)8-6-13-4-3-7(10(14)15)5-9(13)12-8/h3-6H,2H2,1H3,(H,14,15). The third kappa shape index (κ3) is 2.10. The summed E-state index contributed by atoms with van der Waals surface area (Å²) in [4.78, 5) is 26.2. The highest BCUT2D eigenvalue weighted by Crippen LogP contribution is 2.09. The Bertz CT molecular complexity index is 588. The molecule has 2 rings (SSSR count). The van der Waals surface area contributed by atoms with Gasteiger partial charge in [0.1, 0.15) is 5.65 Å². The number of carbonyl (C=O) groups is 2. The van der Waals surface area contributed by atoms with E-state index in [0.717, 1.165) is 0 Å². The Labute approximate surface area is 96.5 Å². The van der Waals surface area contributed by atoms with E-state index in [0.29, 0.717) is 5.65 Å². The fraction of sp³-hybridized carbons (Fsp3) is 0.182. The van der Waals surface area contributed by atoms with Gasteiger partial charge in [0.2, 0.25) is 0 Å². The molecule has 0 aromatic carbocycles. The van der Waals surface area contributed by atoms with Crippen LogP contribution >= 0.6 is 0 Å². The topological polar surface area (TPSA) is 80.9 Å². The van der Waals surface area contributed by atoms with Gasteiger partial charge in [0.15, 0.2) is 5.69 Å². The average molecular weight is 234 g/mol. The summed E-state index contributed by atoms with van der Waals surface area (Å²) in [7, 11) is 0. The minimum atomic E-state index is -1.03. The Balaban J connectivity index is 2.43. The Morgan fingerprint density at radius 3 is 2.94 bits per heavy atom.